The van der Waals surface area contributed by atoms with Crippen LogP contribution in [0.5, 0.6) is 11.5 Å². The molecule has 6 amide bonds. The number of aldehydes is 1. The first kappa shape index (κ1) is 49.1. The number of oxazole rings is 1. The van der Waals surface area contributed by atoms with Gasteiger partial charge in [0.2, 0.25) is 41.3 Å². The molecule has 69 heavy (non-hydrogen) atoms. The SMILES string of the molecule is CCc1nc(C)oc1C(=O)Nc1nc2cc(C=O)cc(OCCCN(C)C(=O)CCN3C(=O)CC(S)C3=O)c2n1C/C=C/Cn1c(NC(=O)c2cc(C)nn2CC)nc2cc(C(N)=O)cc(OC)c21. The van der Waals surface area contributed by atoms with Crippen molar-refractivity contribution in [1.29, 1.82) is 0 Å². The van der Waals surface area contributed by atoms with Gasteiger partial charge in [0.1, 0.15) is 34.5 Å². The molecule has 4 aromatic heterocycles. The van der Waals surface area contributed by atoms with Crippen LogP contribution in [-0.4, -0.2) is 124 Å². The number of benzene rings is 2. The molecule has 2 aromatic carbocycles. The number of anilines is 2. The summed E-state index contributed by atoms with van der Waals surface area (Å²) in [4.78, 5) is 106. The Labute approximate surface area is 400 Å². The number of imide groups is 1. The predicted molar refractivity (Wildman–Crippen MR) is 255 cm³/mol. The Hall–Kier alpha value is -7.82. The number of imidazole rings is 2. The number of nitrogens with one attached hydrogen (secondary N) is 2. The number of aromatic nitrogens is 7. The third-order valence-electron chi connectivity index (χ3n) is 11.3. The van der Waals surface area contributed by atoms with E-state index in [0.717, 1.165) is 4.90 Å². The monoisotopic (exact) mass is 964 g/mol. The lowest BCUT2D eigenvalue weighted by Crippen LogP contribution is -2.36. The molecular weight excluding hydrogens is 913 g/mol. The number of carbonyl (C=O) groups excluding carboxylic acids is 7. The van der Waals surface area contributed by atoms with Crippen molar-refractivity contribution in [3.63, 3.8) is 0 Å². The van der Waals surface area contributed by atoms with Gasteiger partial charge in [-0.25, -0.2) is 15.0 Å². The number of nitrogens with zero attached hydrogens (tertiary/aromatic N) is 9. The van der Waals surface area contributed by atoms with Gasteiger partial charge in [-0.1, -0.05) is 19.1 Å². The molecule has 22 nitrogen and oxygen atoms in total. The van der Waals surface area contributed by atoms with Crippen molar-refractivity contribution in [2.45, 2.75) is 78.3 Å². The zero-order valence-electron chi connectivity index (χ0n) is 38.9. The van der Waals surface area contributed by atoms with Crippen molar-refractivity contribution in [2.75, 3.05) is 44.5 Å². The van der Waals surface area contributed by atoms with Crippen molar-refractivity contribution in [3.05, 3.63) is 82.3 Å². The highest BCUT2D eigenvalue weighted by Gasteiger charge is 2.36. The number of hydrogen-bond acceptors (Lipinski definition) is 15. The van der Waals surface area contributed by atoms with Crippen molar-refractivity contribution < 1.29 is 47.5 Å². The van der Waals surface area contributed by atoms with E-state index >= 15 is 0 Å². The normalized spacial score (nSPS) is 13.8. The molecule has 0 spiro atoms. The maximum atomic E-state index is 13.8. The zero-order valence-corrected chi connectivity index (χ0v) is 39.8. The highest BCUT2D eigenvalue weighted by atomic mass is 32.1. The van der Waals surface area contributed by atoms with Gasteiger partial charge in [0, 0.05) is 70.7 Å². The van der Waals surface area contributed by atoms with E-state index in [4.69, 9.17) is 24.6 Å². The van der Waals surface area contributed by atoms with Gasteiger partial charge in [0.15, 0.2) is 5.89 Å². The number of thiol groups is 1. The number of rotatable bonds is 21. The minimum atomic E-state index is -0.701. The standard InChI is InChI=1S/C46H52N12O10S/c1-7-29-40(68-26(4)48-29)43(64)52-46-49-30-19-27(24-59)20-34(67-17-11-13-54(5)36(60)12-16-55-37(61)23-35(69)44(55)65)39(30)57(46)15-10-9-14-56-38-31(21-28(41(47)62)22-33(38)66-6)50-45(56)51-42(63)32-18-25(3)53-58(32)8-2/h9-10,18-22,24,35,69H,7-8,11-17,23H2,1-6H3,(H2,47,62)(H,49,52,64)(H,50,51,63)/b10-9+. The van der Waals surface area contributed by atoms with Crippen LogP contribution in [0.1, 0.15) is 92.1 Å². The number of allylic oxidation sites excluding steroid dienone is 2. The minimum Gasteiger partial charge on any atom is -0.494 e. The van der Waals surface area contributed by atoms with Gasteiger partial charge < -0.3 is 33.7 Å². The second-order valence-corrected chi connectivity index (χ2v) is 16.7. The van der Waals surface area contributed by atoms with Crippen molar-refractivity contribution in [3.8, 4) is 11.5 Å². The average Bonchev–Trinajstić information content (AvgIpc) is 4.13. The molecule has 0 bridgehead atoms. The smallest absolute Gasteiger partial charge is 0.295 e. The fourth-order valence-electron chi connectivity index (χ4n) is 7.95. The Morgan fingerprint density at radius 2 is 1.61 bits per heavy atom. The number of amides is 6. The molecule has 362 valence electrons. The number of carbonyl (C=O) groups is 7. The molecular formula is C46H52N12O10S. The van der Waals surface area contributed by atoms with Crippen molar-refractivity contribution >= 4 is 88.3 Å². The summed E-state index contributed by atoms with van der Waals surface area (Å²) in [6, 6.07) is 7.78. The number of ether oxygens (including phenoxy) is 2. The van der Waals surface area contributed by atoms with Crippen LogP contribution in [0.4, 0.5) is 11.9 Å². The molecule has 0 saturated carbocycles. The van der Waals surface area contributed by atoms with E-state index in [1.54, 1.807) is 65.1 Å². The molecule has 23 heteroatoms. The summed E-state index contributed by atoms with van der Waals surface area (Å²) in [6.45, 7) is 8.11. The molecule has 7 rings (SSSR count). The van der Waals surface area contributed by atoms with E-state index in [2.05, 4.69) is 38.3 Å². The van der Waals surface area contributed by atoms with Gasteiger partial charge in [0.05, 0.1) is 41.4 Å². The number of methoxy groups -OCH3 is 1. The van der Waals surface area contributed by atoms with E-state index in [0.29, 0.717) is 70.7 Å². The minimum absolute atomic E-state index is 0.00138. The fourth-order valence-corrected chi connectivity index (χ4v) is 8.25. The molecule has 0 aliphatic carbocycles. The topological polar surface area (TPSA) is 274 Å². The number of likely N-dealkylation sites (tertiary alicyclic amines) is 1. The molecule has 1 atom stereocenters. The van der Waals surface area contributed by atoms with E-state index in [1.807, 2.05) is 13.8 Å². The fraction of sp³-hybridized carbons (Fsp3) is 0.370. The van der Waals surface area contributed by atoms with Gasteiger partial charge in [-0.15, -0.1) is 0 Å². The molecule has 1 aliphatic rings. The Balaban J connectivity index is 1.18. The van der Waals surface area contributed by atoms with E-state index in [1.165, 1.54) is 24.1 Å². The highest BCUT2D eigenvalue weighted by Crippen LogP contribution is 2.33. The molecule has 0 radical (unpaired) electrons. The van der Waals surface area contributed by atoms with Crippen LogP contribution < -0.4 is 25.8 Å². The lowest BCUT2D eigenvalue weighted by molar-refractivity contribution is -0.139. The molecule has 1 aliphatic heterocycles. The van der Waals surface area contributed by atoms with Crippen LogP contribution >= 0.6 is 12.6 Å². The first-order valence-corrected chi connectivity index (χ1v) is 22.6. The predicted octanol–water partition coefficient (Wildman–Crippen LogP) is 4.13. The number of hydrogen-bond donors (Lipinski definition) is 4. The summed E-state index contributed by atoms with van der Waals surface area (Å²) in [5.74, 6) is -1.69. The molecule has 1 saturated heterocycles. The van der Waals surface area contributed by atoms with Gasteiger partial charge in [-0.3, -0.25) is 53.8 Å². The summed E-state index contributed by atoms with van der Waals surface area (Å²) < 4.78 is 22.6. The highest BCUT2D eigenvalue weighted by molar-refractivity contribution is 7.81. The third kappa shape index (κ3) is 10.5. The number of fused-ring (bicyclic) bond motifs is 2. The van der Waals surface area contributed by atoms with Crippen LogP contribution in [0, 0.1) is 13.8 Å². The number of nitrogens with two attached hydrogens (primary N) is 1. The lowest BCUT2D eigenvalue weighted by Gasteiger charge is -2.20. The summed E-state index contributed by atoms with van der Waals surface area (Å²) in [6.07, 6.45) is 4.98. The van der Waals surface area contributed by atoms with Gasteiger partial charge in [-0.2, -0.15) is 17.7 Å². The summed E-state index contributed by atoms with van der Waals surface area (Å²) in [7, 11) is 3.05. The summed E-state index contributed by atoms with van der Waals surface area (Å²) in [5.41, 5.74) is 9.02. The number of primary amides is 1. The lowest BCUT2D eigenvalue weighted by atomic mass is 10.1. The second kappa shape index (κ2) is 21.0. The maximum Gasteiger partial charge on any atom is 0.295 e. The van der Waals surface area contributed by atoms with Crippen LogP contribution in [0.2, 0.25) is 0 Å². The van der Waals surface area contributed by atoms with Crippen LogP contribution in [0.15, 0.2) is 46.9 Å². The zero-order chi connectivity index (χ0) is 49.7. The molecule has 4 N–H and O–H groups in total. The molecule has 1 fully saturated rings. The van der Waals surface area contributed by atoms with E-state index in [-0.39, 0.29) is 97.7 Å². The molecule has 6 aromatic rings. The largest absolute Gasteiger partial charge is 0.494 e. The summed E-state index contributed by atoms with van der Waals surface area (Å²) >= 11 is 4.14. The van der Waals surface area contributed by atoms with Gasteiger partial charge >= 0.3 is 0 Å². The van der Waals surface area contributed by atoms with Gasteiger partial charge in [-0.05, 0) is 57.0 Å². The van der Waals surface area contributed by atoms with Crippen LogP contribution in [-0.2, 0) is 40.4 Å². The second-order valence-electron chi connectivity index (χ2n) is 16.1. The van der Waals surface area contributed by atoms with Crippen molar-refractivity contribution in [2.24, 2.45) is 5.73 Å². The number of aryl methyl sites for hydroxylation is 4. The first-order chi connectivity index (χ1) is 33.0. The first-order valence-electron chi connectivity index (χ1n) is 22.1. The maximum absolute atomic E-state index is 13.8. The Bertz CT molecular complexity index is 3040. The van der Waals surface area contributed by atoms with Crippen molar-refractivity contribution in [1.82, 2.24) is 43.7 Å². The van der Waals surface area contributed by atoms with E-state index in [9.17, 15) is 33.6 Å². The average molecular weight is 965 g/mol. The third-order valence-corrected chi connectivity index (χ3v) is 11.7. The quantitative estimate of drug-likeness (QED) is 0.0260. The molecule has 1 unspecified atom stereocenters. The summed E-state index contributed by atoms with van der Waals surface area (Å²) in [5, 5.41) is 9.43. The Morgan fingerprint density at radius 1 is 0.942 bits per heavy atom. The van der Waals surface area contributed by atoms with E-state index < -0.39 is 28.9 Å². The molecule has 5 heterocycles. The Kier molecular flexibility index (Phi) is 14.9. The van der Waals surface area contributed by atoms with Crippen LogP contribution in [0.3, 0.4) is 0 Å². The Morgan fingerprint density at radius 3 is 2.22 bits per heavy atom. The van der Waals surface area contributed by atoms with Crippen LogP contribution in [0.25, 0.3) is 22.1 Å². The van der Waals surface area contributed by atoms with Gasteiger partial charge in [0.25, 0.3) is 11.8 Å².